The van der Waals surface area contributed by atoms with Gasteiger partial charge in [0.2, 0.25) is 0 Å². The Morgan fingerprint density at radius 2 is 1.85 bits per heavy atom. The topological polar surface area (TPSA) is 43.3 Å². The van der Waals surface area contributed by atoms with E-state index in [4.69, 9.17) is 14.3 Å². The van der Waals surface area contributed by atoms with Crippen LogP contribution in [0.5, 0.6) is 11.5 Å². The molecule has 2 fully saturated rings. The molecule has 1 aromatic rings. The molecule has 1 saturated carbocycles. The van der Waals surface area contributed by atoms with Crippen molar-refractivity contribution >= 4 is 5.71 Å². The zero-order valence-corrected chi connectivity index (χ0v) is 16.0. The van der Waals surface area contributed by atoms with E-state index in [2.05, 4.69) is 29.1 Å². The number of oxime groups is 1. The van der Waals surface area contributed by atoms with Crippen molar-refractivity contribution in [2.75, 3.05) is 20.2 Å². The molecule has 1 aliphatic carbocycles. The number of hydrogen-bond acceptors (Lipinski definition) is 5. The van der Waals surface area contributed by atoms with Crippen LogP contribution < -0.4 is 9.47 Å². The van der Waals surface area contributed by atoms with E-state index in [1.54, 1.807) is 7.11 Å². The normalized spacial score (nSPS) is 27.2. The van der Waals surface area contributed by atoms with Gasteiger partial charge in [0.05, 0.1) is 25.3 Å². The molecule has 5 heteroatoms. The van der Waals surface area contributed by atoms with Gasteiger partial charge in [-0.2, -0.15) is 0 Å². The number of rotatable bonds is 5. The summed E-state index contributed by atoms with van der Waals surface area (Å²) in [7, 11) is 1.69. The number of benzene rings is 1. The quantitative estimate of drug-likeness (QED) is 0.785. The third-order valence-electron chi connectivity index (χ3n) is 5.97. The lowest BCUT2D eigenvalue weighted by Crippen LogP contribution is -2.49. The molecule has 2 heterocycles. The van der Waals surface area contributed by atoms with Crippen molar-refractivity contribution < 1.29 is 14.3 Å². The lowest BCUT2D eigenvalue weighted by atomic mass is 9.98. The molecule has 0 amide bonds. The van der Waals surface area contributed by atoms with Gasteiger partial charge in [-0.1, -0.05) is 11.6 Å². The van der Waals surface area contributed by atoms with Gasteiger partial charge in [0.25, 0.3) is 0 Å². The van der Waals surface area contributed by atoms with Gasteiger partial charge in [-0.05, 0) is 63.6 Å². The molecular formula is C21H30N2O3. The predicted molar refractivity (Wildman–Crippen MR) is 102 cm³/mol. The van der Waals surface area contributed by atoms with E-state index in [0.717, 1.165) is 55.1 Å². The Balaban J connectivity index is 1.50. The van der Waals surface area contributed by atoms with Crippen LogP contribution in [0.4, 0.5) is 0 Å². The highest BCUT2D eigenvalue weighted by Crippen LogP contribution is 2.36. The summed E-state index contributed by atoms with van der Waals surface area (Å²) in [6.45, 7) is 4.35. The van der Waals surface area contributed by atoms with Crippen LogP contribution in [0.1, 0.15) is 63.9 Å². The van der Waals surface area contributed by atoms with E-state index in [9.17, 15) is 0 Å². The first kappa shape index (κ1) is 17.7. The first-order valence-corrected chi connectivity index (χ1v) is 10.0. The standard InChI is InChI=1S/C21H30N2O3/c1-21(23-12-6-3-7-13-23)15-18(22-26-21)16-10-11-19(24-2)20(14-16)25-17-8-4-5-9-17/h10-11,14,17H,3-9,12-13,15H2,1-2H3. The average molecular weight is 358 g/mol. The van der Waals surface area contributed by atoms with Crippen LogP contribution in [-0.2, 0) is 4.84 Å². The molecule has 3 aliphatic rings. The summed E-state index contributed by atoms with van der Waals surface area (Å²) in [5, 5.41) is 4.44. The number of nitrogens with zero attached hydrogens (tertiary/aromatic N) is 2. The molecular weight excluding hydrogens is 328 g/mol. The maximum Gasteiger partial charge on any atom is 0.194 e. The van der Waals surface area contributed by atoms with Crippen molar-refractivity contribution in [2.45, 2.75) is 70.1 Å². The van der Waals surface area contributed by atoms with Gasteiger partial charge in [0.1, 0.15) is 0 Å². The van der Waals surface area contributed by atoms with Crippen molar-refractivity contribution in [3.63, 3.8) is 0 Å². The zero-order chi connectivity index (χ0) is 18.0. The summed E-state index contributed by atoms with van der Waals surface area (Å²) in [4.78, 5) is 8.36. The van der Waals surface area contributed by atoms with Gasteiger partial charge < -0.3 is 14.3 Å². The Kier molecular flexibility index (Phi) is 5.07. The number of hydrogen-bond donors (Lipinski definition) is 0. The Morgan fingerprint density at radius 3 is 2.58 bits per heavy atom. The average Bonchev–Trinajstić information content (AvgIpc) is 3.33. The van der Waals surface area contributed by atoms with Gasteiger partial charge >= 0.3 is 0 Å². The molecule has 142 valence electrons. The zero-order valence-electron chi connectivity index (χ0n) is 16.0. The van der Waals surface area contributed by atoms with Gasteiger partial charge in [-0.25, -0.2) is 0 Å². The summed E-state index contributed by atoms with van der Waals surface area (Å²) in [5.74, 6) is 1.62. The maximum absolute atomic E-state index is 6.23. The molecule has 1 unspecified atom stereocenters. The van der Waals surface area contributed by atoms with Crippen molar-refractivity contribution in [1.29, 1.82) is 0 Å². The molecule has 1 atom stereocenters. The number of methoxy groups -OCH3 is 1. The summed E-state index contributed by atoms with van der Waals surface area (Å²) < 4.78 is 11.7. The minimum atomic E-state index is -0.317. The van der Waals surface area contributed by atoms with E-state index in [1.165, 1.54) is 32.1 Å². The first-order chi connectivity index (χ1) is 12.7. The summed E-state index contributed by atoms with van der Waals surface area (Å²) >= 11 is 0. The van der Waals surface area contributed by atoms with Crippen molar-refractivity contribution in [1.82, 2.24) is 4.90 Å². The molecule has 0 spiro atoms. The molecule has 1 aromatic carbocycles. The molecule has 0 bridgehead atoms. The Bertz CT molecular complexity index is 663. The lowest BCUT2D eigenvalue weighted by Gasteiger charge is -2.38. The molecule has 5 nitrogen and oxygen atoms in total. The van der Waals surface area contributed by atoms with Gasteiger partial charge in [-0.3, -0.25) is 4.90 Å². The minimum absolute atomic E-state index is 0.305. The van der Waals surface area contributed by atoms with Crippen LogP contribution in [0.3, 0.4) is 0 Å². The number of ether oxygens (including phenoxy) is 2. The highest BCUT2D eigenvalue weighted by Gasteiger charge is 2.41. The highest BCUT2D eigenvalue weighted by molar-refractivity contribution is 6.02. The maximum atomic E-state index is 6.23. The third-order valence-corrected chi connectivity index (χ3v) is 5.97. The monoisotopic (exact) mass is 358 g/mol. The van der Waals surface area contributed by atoms with Gasteiger partial charge in [0.15, 0.2) is 17.2 Å². The van der Waals surface area contributed by atoms with Crippen LogP contribution in [0.25, 0.3) is 0 Å². The summed E-state index contributed by atoms with van der Waals surface area (Å²) in [5.41, 5.74) is 1.75. The largest absolute Gasteiger partial charge is 0.493 e. The van der Waals surface area contributed by atoms with E-state index < -0.39 is 0 Å². The number of piperidine rings is 1. The molecule has 26 heavy (non-hydrogen) atoms. The van der Waals surface area contributed by atoms with Crippen LogP contribution in [-0.4, -0.2) is 42.6 Å². The predicted octanol–water partition coefficient (Wildman–Crippen LogP) is 4.34. The second-order valence-electron chi connectivity index (χ2n) is 7.92. The second kappa shape index (κ2) is 7.47. The van der Waals surface area contributed by atoms with E-state index >= 15 is 0 Å². The fourth-order valence-electron chi connectivity index (χ4n) is 4.35. The van der Waals surface area contributed by atoms with Gasteiger partial charge in [-0.15, -0.1) is 0 Å². The van der Waals surface area contributed by atoms with E-state index in [0.29, 0.717) is 6.10 Å². The number of likely N-dealkylation sites (tertiary alicyclic amines) is 1. The first-order valence-electron chi connectivity index (χ1n) is 10.0. The van der Waals surface area contributed by atoms with E-state index in [-0.39, 0.29) is 5.72 Å². The molecule has 0 aromatic heterocycles. The van der Waals surface area contributed by atoms with Gasteiger partial charge in [0, 0.05) is 18.7 Å². The van der Waals surface area contributed by atoms with Crippen molar-refractivity contribution in [3.8, 4) is 11.5 Å². The fourth-order valence-corrected chi connectivity index (χ4v) is 4.35. The minimum Gasteiger partial charge on any atom is -0.493 e. The van der Waals surface area contributed by atoms with Crippen molar-refractivity contribution in [3.05, 3.63) is 23.8 Å². The Hall–Kier alpha value is -1.75. The highest BCUT2D eigenvalue weighted by atomic mass is 16.7. The SMILES string of the molecule is COc1ccc(C2=NOC(C)(N3CCCCC3)C2)cc1OC1CCCC1. The van der Waals surface area contributed by atoms with Crippen LogP contribution in [0.15, 0.2) is 23.4 Å². The lowest BCUT2D eigenvalue weighted by molar-refractivity contribution is -0.130. The smallest absolute Gasteiger partial charge is 0.194 e. The molecule has 0 N–H and O–H groups in total. The van der Waals surface area contributed by atoms with Crippen LogP contribution >= 0.6 is 0 Å². The van der Waals surface area contributed by atoms with Crippen LogP contribution in [0.2, 0.25) is 0 Å². The Labute approximate surface area is 156 Å². The van der Waals surface area contributed by atoms with Crippen molar-refractivity contribution in [2.24, 2.45) is 5.16 Å². The fraction of sp³-hybridized carbons (Fsp3) is 0.667. The second-order valence-corrected chi connectivity index (χ2v) is 7.92. The molecule has 1 saturated heterocycles. The van der Waals surface area contributed by atoms with Crippen LogP contribution in [0, 0.1) is 0 Å². The summed E-state index contributed by atoms with van der Waals surface area (Å²) in [6.07, 6.45) is 9.69. The third kappa shape index (κ3) is 3.54. The molecule has 2 aliphatic heterocycles. The molecule has 0 radical (unpaired) electrons. The molecule has 4 rings (SSSR count). The Morgan fingerprint density at radius 1 is 1.08 bits per heavy atom. The summed E-state index contributed by atoms with van der Waals surface area (Å²) in [6, 6.07) is 6.12. The van der Waals surface area contributed by atoms with E-state index in [1.807, 2.05) is 6.07 Å².